The molecule has 10 nitrogen and oxygen atoms in total. The Morgan fingerprint density at radius 1 is 1.05 bits per heavy atom. The molecule has 0 spiro atoms. The molecule has 3 aliphatic rings. The van der Waals surface area contributed by atoms with Crippen molar-refractivity contribution in [1.82, 2.24) is 20.1 Å². The van der Waals surface area contributed by atoms with Crippen LogP contribution in [0.3, 0.4) is 0 Å². The molecule has 1 aromatic carbocycles. The molecule has 12 heteroatoms. The van der Waals surface area contributed by atoms with Crippen molar-refractivity contribution < 1.29 is 32.6 Å². The maximum atomic E-state index is 14.3. The Bertz CT molecular complexity index is 1330. The number of nitrogens with one attached hydrogen (secondary N) is 1. The molecule has 3 heterocycles. The molecule has 42 heavy (non-hydrogen) atoms. The zero-order valence-electron chi connectivity index (χ0n) is 23.7. The third kappa shape index (κ3) is 6.19. The van der Waals surface area contributed by atoms with E-state index in [2.05, 4.69) is 26.3 Å². The number of nitrogens with zero attached hydrogens (tertiary/aromatic N) is 4. The van der Waals surface area contributed by atoms with E-state index in [-0.39, 0.29) is 23.8 Å². The molecule has 1 N–H and O–H groups in total. The number of imide groups is 1. The van der Waals surface area contributed by atoms with Gasteiger partial charge in [-0.05, 0) is 55.5 Å². The number of carbonyl (C=O) groups is 3. The molecule has 2 aromatic rings. The lowest BCUT2D eigenvalue weighted by atomic mass is 9.81. The van der Waals surface area contributed by atoms with Crippen LogP contribution in [0.15, 0.2) is 47.6 Å². The number of halogens is 2. The van der Waals surface area contributed by atoms with Crippen molar-refractivity contribution in [1.29, 1.82) is 0 Å². The van der Waals surface area contributed by atoms with E-state index in [4.69, 9.17) is 9.47 Å². The Labute approximate surface area is 243 Å². The lowest BCUT2D eigenvalue weighted by Crippen LogP contribution is -2.58. The van der Waals surface area contributed by atoms with Gasteiger partial charge in [-0.25, -0.2) is 23.3 Å². The van der Waals surface area contributed by atoms with Gasteiger partial charge in [0.1, 0.15) is 5.92 Å². The quantitative estimate of drug-likeness (QED) is 0.466. The summed E-state index contributed by atoms with van der Waals surface area (Å²) in [5.41, 5.74) is 1.23. The summed E-state index contributed by atoms with van der Waals surface area (Å²) < 4.78 is 38.1. The monoisotopic (exact) mass is 583 g/mol. The highest BCUT2D eigenvalue weighted by molar-refractivity contribution is 6.12. The standard InChI is InChI=1S/C30H35F2N5O5/c1-41-17-25-26(28(38)42-2)27(20-8-11-22(31)23(32)13-20)37(30(40)35-25)29(39)34-14-18-15-36(16-18)21-9-6-19(7-10-21)24-5-3-4-12-33-24/h3-5,8,11-13,18-19,21,26-27H,6-7,9-10,14-17H2,1-2H3,(H,34,39)/t19?,21?,26?,27-/m0/s1. The smallest absolute Gasteiger partial charge is 0.352 e. The summed E-state index contributed by atoms with van der Waals surface area (Å²) in [6.45, 7) is 1.76. The number of hydrogen-bond donors (Lipinski definition) is 1. The number of aliphatic imine (C=N–C) groups is 1. The molecule has 1 saturated heterocycles. The van der Waals surface area contributed by atoms with E-state index < -0.39 is 41.6 Å². The van der Waals surface area contributed by atoms with Gasteiger partial charge in [0.2, 0.25) is 0 Å². The Kier molecular flexibility index (Phi) is 9.22. The van der Waals surface area contributed by atoms with E-state index in [1.165, 1.54) is 13.2 Å². The average Bonchev–Trinajstić information content (AvgIpc) is 2.98. The molecule has 5 rings (SSSR count). The number of hydrogen-bond acceptors (Lipinski definition) is 7. The summed E-state index contributed by atoms with van der Waals surface area (Å²) in [6.07, 6.45) is 6.21. The predicted molar refractivity (Wildman–Crippen MR) is 149 cm³/mol. The molecule has 0 radical (unpaired) electrons. The fraction of sp³-hybridized carbons (Fsp3) is 0.500. The van der Waals surface area contributed by atoms with Crippen LogP contribution in [-0.2, 0) is 14.3 Å². The normalized spacial score (nSPS) is 25.0. The number of carbonyl (C=O) groups excluding carboxylic acids is 3. The van der Waals surface area contributed by atoms with Crippen molar-refractivity contribution in [3.05, 3.63) is 65.5 Å². The summed E-state index contributed by atoms with van der Waals surface area (Å²) in [6, 6.07) is 6.50. The summed E-state index contributed by atoms with van der Waals surface area (Å²) in [5.74, 6) is -3.65. The number of ether oxygens (including phenoxy) is 2. The lowest BCUT2D eigenvalue weighted by Gasteiger charge is -2.47. The molecule has 2 aliphatic heterocycles. The lowest BCUT2D eigenvalue weighted by molar-refractivity contribution is -0.144. The Hall–Kier alpha value is -3.77. The molecule has 2 fully saturated rings. The van der Waals surface area contributed by atoms with E-state index >= 15 is 0 Å². The highest BCUT2D eigenvalue weighted by Crippen LogP contribution is 2.37. The van der Waals surface area contributed by atoms with Crippen molar-refractivity contribution in [2.24, 2.45) is 16.8 Å². The summed E-state index contributed by atoms with van der Waals surface area (Å²) in [7, 11) is 2.52. The number of pyridine rings is 1. The molecule has 1 aliphatic carbocycles. The van der Waals surface area contributed by atoms with E-state index in [1.54, 1.807) is 0 Å². The first kappa shape index (κ1) is 29.7. The number of esters is 1. The first-order chi connectivity index (χ1) is 20.3. The minimum atomic E-state index is -1.31. The van der Waals surface area contributed by atoms with Crippen LogP contribution in [0.5, 0.6) is 0 Å². The van der Waals surface area contributed by atoms with E-state index in [9.17, 15) is 23.2 Å². The second kappa shape index (κ2) is 13.0. The number of rotatable bonds is 8. The van der Waals surface area contributed by atoms with Crippen LogP contribution in [0.2, 0.25) is 0 Å². The number of likely N-dealkylation sites (tertiary alicyclic amines) is 1. The van der Waals surface area contributed by atoms with Gasteiger partial charge in [-0.2, -0.15) is 4.99 Å². The van der Waals surface area contributed by atoms with Crippen molar-refractivity contribution >= 4 is 23.7 Å². The van der Waals surface area contributed by atoms with Crippen molar-refractivity contribution in [3.8, 4) is 0 Å². The first-order valence-electron chi connectivity index (χ1n) is 14.2. The number of benzene rings is 1. The molecular weight excluding hydrogens is 548 g/mol. The second-order valence-electron chi connectivity index (χ2n) is 11.1. The third-order valence-corrected chi connectivity index (χ3v) is 8.50. The molecule has 0 bridgehead atoms. The fourth-order valence-corrected chi connectivity index (χ4v) is 6.32. The van der Waals surface area contributed by atoms with Crippen molar-refractivity contribution in [2.45, 2.75) is 43.7 Å². The van der Waals surface area contributed by atoms with Gasteiger partial charge in [0.15, 0.2) is 11.6 Å². The van der Waals surface area contributed by atoms with Gasteiger partial charge >= 0.3 is 18.0 Å². The maximum absolute atomic E-state index is 14.3. The zero-order valence-corrected chi connectivity index (χ0v) is 23.7. The zero-order chi connectivity index (χ0) is 29.8. The molecular formula is C30H35F2N5O5. The first-order valence-corrected chi connectivity index (χ1v) is 14.2. The third-order valence-electron chi connectivity index (χ3n) is 8.50. The number of aromatic nitrogens is 1. The highest BCUT2D eigenvalue weighted by Gasteiger charge is 2.47. The second-order valence-corrected chi connectivity index (χ2v) is 11.1. The largest absolute Gasteiger partial charge is 0.468 e. The van der Waals surface area contributed by atoms with Gasteiger partial charge in [0.25, 0.3) is 0 Å². The molecule has 1 unspecified atom stereocenters. The van der Waals surface area contributed by atoms with Crippen LogP contribution in [0.1, 0.15) is 48.9 Å². The van der Waals surface area contributed by atoms with Crippen LogP contribution < -0.4 is 5.32 Å². The van der Waals surface area contributed by atoms with Gasteiger partial charge in [-0.1, -0.05) is 12.1 Å². The summed E-state index contributed by atoms with van der Waals surface area (Å²) in [5, 5.41) is 2.80. The van der Waals surface area contributed by atoms with Crippen LogP contribution in [0, 0.1) is 23.5 Å². The molecule has 2 atom stereocenters. The van der Waals surface area contributed by atoms with Crippen LogP contribution in [0.25, 0.3) is 0 Å². The molecule has 1 saturated carbocycles. The maximum Gasteiger partial charge on any atom is 0.352 e. The van der Waals surface area contributed by atoms with Crippen LogP contribution in [0.4, 0.5) is 18.4 Å². The van der Waals surface area contributed by atoms with E-state index in [0.29, 0.717) is 18.5 Å². The van der Waals surface area contributed by atoms with Crippen molar-refractivity contribution in [3.63, 3.8) is 0 Å². The number of methoxy groups -OCH3 is 2. The van der Waals surface area contributed by atoms with Gasteiger partial charge < -0.3 is 14.8 Å². The van der Waals surface area contributed by atoms with E-state index in [1.807, 2.05) is 18.3 Å². The minimum Gasteiger partial charge on any atom is -0.468 e. The van der Waals surface area contributed by atoms with Gasteiger partial charge in [-0.15, -0.1) is 0 Å². The minimum absolute atomic E-state index is 0.0283. The molecule has 224 valence electrons. The molecule has 1 aromatic heterocycles. The fourth-order valence-electron chi connectivity index (χ4n) is 6.32. The van der Waals surface area contributed by atoms with Crippen LogP contribution >= 0.6 is 0 Å². The SMILES string of the molecule is COCC1=NC(=O)N(C(=O)NCC2CN(C3CCC(c4ccccn4)CC3)C2)[C@@H](c2ccc(F)c(F)c2)C1C(=O)OC. The molecule has 4 amide bonds. The Morgan fingerprint density at radius 3 is 2.45 bits per heavy atom. The Balaban J connectivity index is 1.23. The summed E-state index contributed by atoms with van der Waals surface area (Å²) in [4.78, 5) is 51.1. The van der Waals surface area contributed by atoms with Crippen LogP contribution in [-0.4, -0.2) is 85.0 Å². The average molecular weight is 584 g/mol. The Morgan fingerprint density at radius 2 is 1.81 bits per heavy atom. The number of amides is 4. The van der Waals surface area contributed by atoms with Gasteiger partial charge in [0, 0.05) is 56.5 Å². The predicted octanol–water partition coefficient (Wildman–Crippen LogP) is 4.08. The van der Waals surface area contributed by atoms with Crippen molar-refractivity contribution in [2.75, 3.05) is 40.5 Å². The highest BCUT2D eigenvalue weighted by atomic mass is 19.2. The van der Waals surface area contributed by atoms with Gasteiger partial charge in [-0.3, -0.25) is 14.7 Å². The number of urea groups is 2. The van der Waals surface area contributed by atoms with E-state index in [0.717, 1.165) is 68.6 Å². The summed E-state index contributed by atoms with van der Waals surface area (Å²) >= 11 is 0. The van der Waals surface area contributed by atoms with Gasteiger partial charge in [0.05, 0.1) is 25.5 Å². The topological polar surface area (TPSA) is 113 Å².